The van der Waals surface area contributed by atoms with E-state index in [1.54, 1.807) is 0 Å². The second-order valence-corrected chi connectivity index (χ2v) is 4.36. The van der Waals surface area contributed by atoms with Crippen molar-refractivity contribution in [3.05, 3.63) is 35.4 Å². The molecule has 1 heterocycles. The van der Waals surface area contributed by atoms with E-state index in [0.29, 0.717) is 12.1 Å². The topological polar surface area (TPSA) is 38.0 Å². The third-order valence-electron chi connectivity index (χ3n) is 3.45. The molecule has 16 heavy (non-hydrogen) atoms. The normalized spacial score (nSPS) is 19.7. The first-order valence-corrected chi connectivity index (χ1v) is 5.54. The van der Waals surface area contributed by atoms with Gasteiger partial charge in [0.1, 0.15) is 11.6 Å². The van der Waals surface area contributed by atoms with Crippen LogP contribution in [0, 0.1) is 11.6 Å². The van der Waals surface area contributed by atoms with Crippen molar-refractivity contribution in [1.82, 2.24) is 5.32 Å². The van der Waals surface area contributed by atoms with Crippen LogP contribution in [-0.2, 0) is 5.41 Å². The van der Waals surface area contributed by atoms with Gasteiger partial charge in [-0.05, 0) is 49.7 Å². The summed E-state index contributed by atoms with van der Waals surface area (Å²) in [5.41, 5.74) is 5.79. The third-order valence-corrected chi connectivity index (χ3v) is 3.45. The molecule has 1 aliphatic heterocycles. The first kappa shape index (κ1) is 11.5. The SMILES string of the molecule is NCC1(c2cc(F)ccc2F)CCNCC1. The van der Waals surface area contributed by atoms with Gasteiger partial charge < -0.3 is 11.1 Å². The molecule has 3 N–H and O–H groups in total. The van der Waals surface area contributed by atoms with Crippen molar-refractivity contribution in [3.63, 3.8) is 0 Å². The number of rotatable bonds is 2. The molecule has 2 nitrogen and oxygen atoms in total. The van der Waals surface area contributed by atoms with Crippen LogP contribution in [-0.4, -0.2) is 19.6 Å². The van der Waals surface area contributed by atoms with E-state index in [-0.39, 0.29) is 5.82 Å². The summed E-state index contributed by atoms with van der Waals surface area (Å²) in [6, 6.07) is 3.61. The average molecular weight is 226 g/mol. The fourth-order valence-electron chi connectivity index (χ4n) is 2.39. The summed E-state index contributed by atoms with van der Waals surface area (Å²) in [5, 5.41) is 3.21. The number of piperidine rings is 1. The minimum absolute atomic E-state index is 0.353. The summed E-state index contributed by atoms with van der Waals surface area (Å²) >= 11 is 0. The van der Waals surface area contributed by atoms with E-state index in [9.17, 15) is 8.78 Å². The van der Waals surface area contributed by atoms with E-state index in [4.69, 9.17) is 5.73 Å². The highest BCUT2D eigenvalue weighted by Gasteiger charge is 2.34. The van der Waals surface area contributed by atoms with Gasteiger partial charge in [0.15, 0.2) is 0 Å². The van der Waals surface area contributed by atoms with Crippen LogP contribution in [0.4, 0.5) is 8.78 Å². The summed E-state index contributed by atoms with van der Waals surface area (Å²) in [6.45, 7) is 1.95. The Balaban J connectivity index is 2.42. The number of halogens is 2. The molecule has 0 bridgehead atoms. The molecule has 88 valence electrons. The Bertz CT molecular complexity index is 373. The highest BCUT2D eigenvalue weighted by atomic mass is 19.1. The molecule has 0 saturated carbocycles. The minimum atomic E-state index is -0.405. The van der Waals surface area contributed by atoms with Crippen molar-refractivity contribution in [3.8, 4) is 0 Å². The van der Waals surface area contributed by atoms with E-state index in [1.165, 1.54) is 12.1 Å². The Kier molecular flexibility index (Phi) is 3.21. The molecule has 0 atom stereocenters. The van der Waals surface area contributed by atoms with E-state index < -0.39 is 11.2 Å². The van der Waals surface area contributed by atoms with Gasteiger partial charge in [-0.1, -0.05) is 0 Å². The third kappa shape index (κ3) is 1.95. The van der Waals surface area contributed by atoms with Crippen LogP contribution in [0.15, 0.2) is 18.2 Å². The van der Waals surface area contributed by atoms with Crippen LogP contribution in [0.5, 0.6) is 0 Å². The predicted molar refractivity (Wildman–Crippen MR) is 59.2 cm³/mol. The zero-order valence-electron chi connectivity index (χ0n) is 9.10. The van der Waals surface area contributed by atoms with Crippen LogP contribution in [0.25, 0.3) is 0 Å². The first-order valence-electron chi connectivity index (χ1n) is 5.54. The molecule has 4 heteroatoms. The lowest BCUT2D eigenvalue weighted by Crippen LogP contribution is -2.45. The monoisotopic (exact) mass is 226 g/mol. The maximum Gasteiger partial charge on any atom is 0.127 e. The molecular weight excluding hydrogens is 210 g/mol. The Morgan fingerprint density at radius 3 is 2.56 bits per heavy atom. The Labute approximate surface area is 93.8 Å². The molecule has 1 aromatic carbocycles. The Hall–Kier alpha value is -1.00. The molecule has 0 amide bonds. The van der Waals surface area contributed by atoms with Gasteiger partial charge in [-0.3, -0.25) is 0 Å². The molecule has 1 saturated heterocycles. The fourth-order valence-corrected chi connectivity index (χ4v) is 2.39. The Morgan fingerprint density at radius 1 is 1.25 bits per heavy atom. The van der Waals surface area contributed by atoms with Gasteiger partial charge in [-0.15, -0.1) is 0 Å². The smallest absolute Gasteiger partial charge is 0.127 e. The predicted octanol–water partition coefficient (Wildman–Crippen LogP) is 1.54. The number of benzene rings is 1. The van der Waals surface area contributed by atoms with Crippen molar-refractivity contribution in [2.24, 2.45) is 5.73 Å². The number of hydrogen-bond acceptors (Lipinski definition) is 2. The van der Waals surface area contributed by atoms with Gasteiger partial charge in [-0.25, -0.2) is 8.78 Å². The van der Waals surface area contributed by atoms with E-state index in [0.717, 1.165) is 32.0 Å². The summed E-state index contributed by atoms with van der Waals surface area (Å²) in [6.07, 6.45) is 1.51. The molecule has 0 aromatic heterocycles. The lowest BCUT2D eigenvalue weighted by Gasteiger charge is -2.37. The molecule has 0 unspecified atom stereocenters. The molecule has 1 aromatic rings. The summed E-state index contributed by atoms with van der Waals surface area (Å²) in [5.74, 6) is -0.753. The Morgan fingerprint density at radius 2 is 1.94 bits per heavy atom. The van der Waals surface area contributed by atoms with Crippen LogP contribution in [0.1, 0.15) is 18.4 Å². The summed E-state index contributed by atoms with van der Waals surface area (Å²) < 4.78 is 26.9. The van der Waals surface area contributed by atoms with Crippen molar-refractivity contribution < 1.29 is 8.78 Å². The van der Waals surface area contributed by atoms with E-state index in [2.05, 4.69) is 5.32 Å². The van der Waals surface area contributed by atoms with Crippen LogP contribution in [0.2, 0.25) is 0 Å². The summed E-state index contributed by atoms with van der Waals surface area (Å²) in [4.78, 5) is 0. The molecular formula is C12H16F2N2. The molecule has 2 rings (SSSR count). The van der Waals surface area contributed by atoms with Gasteiger partial charge in [0.25, 0.3) is 0 Å². The molecule has 1 aliphatic rings. The van der Waals surface area contributed by atoms with Crippen LogP contribution in [0.3, 0.4) is 0 Å². The van der Waals surface area contributed by atoms with E-state index >= 15 is 0 Å². The number of hydrogen-bond donors (Lipinski definition) is 2. The number of nitrogens with one attached hydrogen (secondary N) is 1. The van der Waals surface area contributed by atoms with Crippen molar-refractivity contribution in [2.75, 3.05) is 19.6 Å². The van der Waals surface area contributed by atoms with Crippen molar-refractivity contribution >= 4 is 0 Å². The second-order valence-electron chi connectivity index (χ2n) is 4.36. The van der Waals surface area contributed by atoms with E-state index in [1.807, 2.05) is 0 Å². The lowest BCUT2D eigenvalue weighted by atomic mass is 9.73. The highest BCUT2D eigenvalue weighted by Crippen LogP contribution is 2.34. The molecule has 0 spiro atoms. The quantitative estimate of drug-likeness (QED) is 0.803. The second kappa shape index (κ2) is 4.47. The van der Waals surface area contributed by atoms with Gasteiger partial charge in [0, 0.05) is 12.0 Å². The van der Waals surface area contributed by atoms with Gasteiger partial charge >= 0.3 is 0 Å². The maximum atomic E-state index is 13.7. The van der Waals surface area contributed by atoms with Crippen LogP contribution < -0.4 is 11.1 Å². The van der Waals surface area contributed by atoms with Crippen molar-refractivity contribution in [1.29, 1.82) is 0 Å². The number of nitrogens with two attached hydrogens (primary N) is 1. The summed E-state index contributed by atoms with van der Waals surface area (Å²) in [7, 11) is 0. The molecule has 1 fully saturated rings. The lowest BCUT2D eigenvalue weighted by molar-refractivity contribution is 0.304. The zero-order valence-corrected chi connectivity index (χ0v) is 9.10. The fraction of sp³-hybridized carbons (Fsp3) is 0.500. The van der Waals surface area contributed by atoms with Gasteiger partial charge in [0.2, 0.25) is 0 Å². The molecule has 0 aliphatic carbocycles. The largest absolute Gasteiger partial charge is 0.330 e. The highest BCUT2D eigenvalue weighted by molar-refractivity contribution is 5.29. The van der Waals surface area contributed by atoms with Gasteiger partial charge in [-0.2, -0.15) is 0 Å². The average Bonchev–Trinajstić information content (AvgIpc) is 2.33. The van der Waals surface area contributed by atoms with Crippen molar-refractivity contribution in [2.45, 2.75) is 18.3 Å². The maximum absolute atomic E-state index is 13.7. The first-order chi connectivity index (χ1) is 7.68. The minimum Gasteiger partial charge on any atom is -0.330 e. The standard InChI is InChI=1S/C12H16F2N2/c13-9-1-2-11(14)10(7-9)12(8-15)3-5-16-6-4-12/h1-2,7,16H,3-6,8,15H2. The zero-order chi connectivity index (χ0) is 11.6. The molecule has 0 radical (unpaired) electrons. The van der Waals surface area contributed by atoms with Crippen LogP contribution >= 0.6 is 0 Å². The van der Waals surface area contributed by atoms with Gasteiger partial charge in [0.05, 0.1) is 0 Å².